The fourth-order valence-electron chi connectivity index (χ4n) is 1.66. The van der Waals surface area contributed by atoms with Crippen molar-refractivity contribution in [3.63, 3.8) is 0 Å². The summed E-state index contributed by atoms with van der Waals surface area (Å²) in [5, 5.41) is -0.809. The van der Waals surface area contributed by atoms with Gasteiger partial charge in [0.15, 0.2) is 5.78 Å². The highest BCUT2D eigenvalue weighted by atomic mass is 35.5. The molecule has 0 radical (unpaired) electrons. The molecule has 0 aromatic heterocycles. The highest BCUT2D eigenvalue weighted by molar-refractivity contribution is 6.31. The first-order valence-corrected chi connectivity index (χ1v) is 6.39. The summed E-state index contributed by atoms with van der Waals surface area (Å²) in [6.45, 7) is 5.44. The molecule has 98 valence electrons. The molecule has 0 heterocycles. The van der Waals surface area contributed by atoms with Crippen LogP contribution in [0.15, 0.2) is 18.2 Å². The number of hydrogen-bond acceptors (Lipinski definition) is 3. The maximum Gasteiger partial charge on any atom is 0.338 e. The number of ketones is 1. The average Bonchev–Trinajstić information content (AvgIpc) is 2.37. The minimum Gasteiger partial charge on any atom is -0.462 e. The molecule has 0 bridgehead atoms. The molecule has 18 heavy (non-hydrogen) atoms. The fraction of sp³-hybridized carbons (Fsp3) is 0.429. The molecule has 0 aliphatic carbocycles. The van der Waals surface area contributed by atoms with E-state index < -0.39 is 11.3 Å². The first kappa shape index (κ1) is 14.7. The Bertz CT molecular complexity index is 454. The normalized spacial score (nSPS) is 12.0. The van der Waals surface area contributed by atoms with Gasteiger partial charge in [-0.05, 0) is 37.5 Å². The van der Waals surface area contributed by atoms with Crippen LogP contribution >= 0.6 is 11.6 Å². The molecule has 1 rings (SSSR count). The second kappa shape index (κ2) is 6.55. The number of ether oxygens (including phenoxy) is 1. The van der Waals surface area contributed by atoms with Gasteiger partial charge in [0, 0.05) is 0 Å². The summed E-state index contributed by atoms with van der Waals surface area (Å²) in [6.07, 6.45) is 0.817. The number of Topliss-reactive ketones (excluding diaryl/α,β-unsaturated/α-hetero) is 1. The molecule has 0 saturated heterocycles. The van der Waals surface area contributed by atoms with Crippen LogP contribution in [0.1, 0.15) is 47.6 Å². The van der Waals surface area contributed by atoms with Gasteiger partial charge in [0.05, 0.1) is 12.2 Å². The zero-order valence-electron chi connectivity index (χ0n) is 10.8. The Labute approximate surface area is 112 Å². The Balaban J connectivity index is 3.24. The Morgan fingerprint density at radius 3 is 2.50 bits per heavy atom. The monoisotopic (exact) mass is 268 g/mol. The lowest BCUT2D eigenvalue weighted by Crippen LogP contribution is -2.12. The van der Waals surface area contributed by atoms with Crippen molar-refractivity contribution in [2.24, 2.45) is 0 Å². The van der Waals surface area contributed by atoms with E-state index in [4.69, 9.17) is 16.3 Å². The molecule has 0 aliphatic rings. The van der Waals surface area contributed by atoms with E-state index in [1.165, 1.54) is 6.92 Å². The number of carbonyl (C=O) groups is 2. The molecular weight excluding hydrogens is 252 g/mol. The van der Waals surface area contributed by atoms with Gasteiger partial charge in [-0.25, -0.2) is 4.79 Å². The Hall–Kier alpha value is -1.35. The average molecular weight is 269 g/mol. The van der Waals surface area contributed by atoms with Gasteiger partial charge < -0.3 is 4.74 Å². The summed E-state index contributed by atoms with van der Waals surface area (Å²) < 4.78 is 4.96. The van der Waals surface area contributed by atoms with E-state index in [2.05, 4.69) is 0 Å². The van der Waals surface area contributed by atoms with E-state index in [0.29, 0.717) is 17.7 Å². The number of hydrogen-bond donors (Lipinski definition) is 0. The summed E-state index contributed by atoms with van der Waals surface area (Å²) in [6, 6.07) is 5.31. The fourth-order valence-corrected chi connectivity index (χ4v) is 1.84. The molecule has 1 aromatic carbocycles. The van der Waals surface area contributed by atoms with Crippen molar-refractivity contribution in [3.8, 4) is 0 Å². The minimum atomic E-state index is -0.809. The van der Waals surface area contributed by atoms with E-state index in [1.54, 1.807) is 19.1 Å². The van der Waals surface area contributed by atoms with Gasteiger partial charge in [0.2, 0.25) is 0 Å². The van der Waals surface area contributed by atoms with Crippen LogP contribution in [0.5, 0.6) is 0 Å². The molecule has 1 atom stereocenters. The van der Waals surface area contributed by atoms with Gasteiger partial charge in [-0.3, -0.25) is 4.79 Å². The maximum atomic E-state index is 11.8. The number of rotatable bonds is 5. The number of carbonyl (C=O) groups excluding carboxylic acids is 2. The first-order chi connectivity index (χ1) is 8.51. The van der Waals surface area contributed by atoms with E-state index in [-0.39, 0.29) is 5.78 Å². The molecule has 0 N–H and O–H groups in total. The molecule has 0 saturated carbocycles. The van der Waals surface area contributed by atoms with E-state index in [1.807, 2.05) is 13.0 Å². The van der Waals surface area contributed by atoms with Crippen molar-refractivity contribution in [1.29, 1.82) is 0 Å². The summed E-state index contributed by atoms with van der Waals surface area (Å²) in [5.74, 6) is -0.627. The van der Waals surface area contributed by atoms with Crippen LogP contribution in [-0.4, -0.2) is 18.4 Å². The third-order valence-corrected chi connectivity index (χ3v) is 3.19. The smallest absolute Gasteiger partial charge is 0.338 e. The van der Waals surface area contributed by atoms with Crippen LogP contribution in [-0.2, 0) is 16.0 Å². The van der Waals surface area contributed by atoms with Gasteiger partial charge >= 0.3 is 5.97 Å². The lowest BCUT2D eigenvalue weighted by atomic mass is 9.98. The lowest BCUT2D eigenvalue weighted by Gasteiger charge is -2.13. The van der Waals surface area contributed by atoms with Crippen molar-refractivity contribution in [1.82, 2.24) is 0 Å². The quantitative estimate of drug-likeness (QED) is 0.608. The Morgan fingerprint density at radius 1 is 1.33 bits per heavy atom. The Kier molecular flexibility index (Phi) is 5.35. The summed E-state index contributed by atoms with van der Waals surface area (Å²) in [4.78, 5) is 23.2. The van der Waals surface area contributed by atoms with Crippen LogP contribution in [0.2, 0.25) is 0 Å². The topological polar surface area (TPSA) is 43.4 Å². The SMILES string of the molecule is CCOC(=O)c1ccc(CC)cc1C(Cl)C(C)=O. The van der Waals surface area contributed by atoms with Crippen LogP contribution in [0.3, 0.4) is 0 Å². The summed E-state index contributed by atoms with van der Waals surface area (Å²) in [7, 11) is 0. The number of halogens is 1. The molecule has 3 nitrogen and oxygen atoms in total. The van der Waals surface area contributed by atoms with Crippen molar-refractivity contribution in [2.75, 3.05) is 6.61 Å². The third-order valence-electron chi connectivity index (χ3n) is 2.65. The number of esters is 1. The van der Waals surface area contributed by atoms with Gasteiger partial charge in [-0.2, -0.15) is 0 Å². The largest absolute Gasteiger partial charge is 0.462 e. The minimum absolute atomic E-state index is 0.185. The number of aryl methyl sites for hydroxylation is 1. The third kappa shape index (κ3) is 3.33. The molecule has 0 aliphatic heterocycles. The maximum absolute atomic E-state index is 11.8. The predicted octanol–water partition coefficient (Wildman–Crippen LogP) is 3.29. The molecule has 0 amide bonds. The summed E-state index contributed by atoms with van der Waals surface area (Å²) in [5.41, 5.74) is 1.93. The zero-order chi connectivity index (χ0) is 13.7. The van der Waals surface area contributed by atoms with Crippen molar-refractivity contribution in [2.45, 2.75) is 32.6 Å². The molecular formula is C14H17ClO3. The molecule has 0 spiro atoms. The van der Waals surface area contributed by atoms with E-state index >= 15 is 0 Å². The Morgan fingerprint density at radius 2 is 2.00 bits per heavy atom. The highest BCUT2D eigenvalue weighted by Gasteiger charge is 2.21. The highest BCUT2D eigenvalue weighted by Crippen LogP contribution is 2.27. The van der Waals surface area contributed by atoms with Crippen molar-refractivity contribution in [3.05, 3.63) is 34.9 Å². The van der Waals surface area contributed by atoms with Gasteiger partial charge in [0.1, 0.15) is 5.38 Å². The second-order valence-electron chi connectivity index (χ2n) is 3.97. The van der Waals surface area contributed by atoms with Crippen molar-refractivity contribution < 1.29 is 14.3 Å². The standard InChI is InChI=1S/C14H17ClO3/c1-4-10-6-7-11(14(17)18-5-2)12(8-10)13(15)9(3)16/h6-8,13H,4-5H2,1-3H3. The van der Waals surface area contributed by atoms with Crippen LogP contribution in [0, 0.1) is 0 Å². The first-order valence-electron chi connectivity index (χ1n) is 5.95. The number of alkyl halides is 1. The molecule has 0 fully saturated rings. The summed E-state index contributed by atoms with van der Waals surface area (Å²) >= 11 is 6.06. The van der Waals surface area contributed by atoms with Gasteiger partial charge in [0.25, 0.3) is 0 Å². The van der Waals surface area contributed by atoms with Crippen LogP contribution < -0.4 is 0 Å². The van der Waals surface area contributed by atoms with E-state index in [0.717, 1.165) is 12.0 Å². The number of benzene rings is 1. The predicted molar refractivity (Wildman–Crippen MR) is 71.1 cm³/mol. The molecule has 1 unspecified atom stereocenters. The van der Waals surface area contributed by atoms with Crippen LogP contribution in [0.25, 0.3) is 0 Å². The molecule has 1 aromatic rings. The van der Waals surface area contributed by atoms with Crippen LogP contribution in [0.4, 0.5) is 0 Å². The molecule has 4 heteroatoms. The second-order valence-corrected chi connectivity index (χ2v) is 4.41. The zero-order valence-corrected chi connectivity index (χ0v) is 11.6. The van der Waals surface area contributed by atoms with Gasteiger partial charge in [-0.15, -0.1) is 11.6 Å². The van der Waals surface area contributed by atoms with Crippen molar-refractivity contribution >= 4 is 23.4 Å². The van der Waals surface area contributed by atoms with Gasteiger partial charge in [-0.1, -0.05) is 19.1 Å². The van der Waals surface area contributed by atoms with E-state index in [9.17, 15) is 9.59 Å². The lowest BCUT2D eigenvalue weighted by molar-refractivity contribution is -0.116.